The van der Waals surface area contributed by atoms with E-state index in [4.69, 9.17) is 4.74 Å². The molecule has 2 fully saturated rings. The third-order valence-electron chi connectivity index (χ3n) is 7.44. The molecule has 2 aliphatic carbocycles. The Hall–Kier alpha value is -3.76. The van der Waals surface area contributed by atoms with Crippen molar-refractivity contribution in [1.82, 2.24) is 9.99 Å². The summed E-state index contributed by atoms with van der Waals surface area (Å²) in [6.45, 7) is 2.76. The Balaban J connectivity index is 1.35. The summed E-state index contributed by atoms with van der Waals surface area (Å²) in [7, 11) is 0. The van der Waals surface area contributed by atoms with Gasteiger partial charge in [0, 0.05) is 29.9 Å². The van der Waals surface area contributed by atoms with Gasteiger partial charge in [-0.1, -0.05) is 18.2 Å². The van der Waals surface area contributed by atoms with Gasteiger partial charge in [-0.15, -0.1) is 0 Å². The third-order valence-corrected chi connectivity index (χ3v) is 7.44. The van der Waals surface area contributed by atoms with Crippen molar-refractivity contribution < 1.29 is 9.53 Å². The second kappa shape index (κ2) is 8.79. The van der Waals surface area contributed by atoms with Crippen molar-refractivity contribution in [1.29, 1.82) is 5.26 Å². The van der Waals surface area contributed by atoms with Gasteiger partial charge in [0.2, 0.25) is 0 Å². The maximum Gasteiger partial charge on any atom is 0.411 e. The smallest absolute Gasteiger partial charge is 0.411 e. The van der Waals surface area contributed by atoms with Gasteiger partial charge in [-0.3, -0.25) is 10.3 Å². The first-order valence-corrected chi connectivity index (χ1v) is 12.5. The minimum absolute atomic E-state index is 0.0539. The van der Waals surface area contributed by atoms with Crippen LogP contribution in [0.5, 0.6) is 0 Å². The molecule has 7 nitrogen and oxygen atoms in total. The minimum atomic E-state index is -0.421. The molecule has 35 heavy (non-hydrogen) atoms. The first-order chi connectivity index (χ1) is 17.1. The van der Waals surface area contributed by atoms with E-state index in [2.05, 4.69) is 45.7 Å². The van der Waals surface area contributed by atoms with E-state index in [0.717, 1.165) is 60.1 Å². The van der Waals surface area contributed by atoms with Gasteiger partial charge >= 0.3 is 6.09 Å². The Kier molecular flexibility index (Phi) is 5.46. The van der Waals surface area contributed by atoms with Crippen molar-refractivity contribution in [2.24, 2.45) is 5.92 Å². The van der Waals surface area contributed by atoms with Crippen LogP contribution in [0.4, 0.5) is 16.2 Å². The molecule has 1 atom stereocenters. The molecule has 2 heterocycles. The molecule has 0 radical (unpaired) electrons. The second-order valence-electron chi connectivity index (χ2n) is 9.76. The number of carbonyl (C=O) groups excluding carboxylic acids is 1. The van der Waals surface area contributed by atoms with Crippen molar-refractivity contribution in [3.8, 4) is 17.3 Å². The maximum absolute atomic E-state index is 12.3. The molecule has 2 N–H and O–H groups in total. The molecule has 1 amide bonds. The van der Waals surface area contributed by atoms with E-state index in [1.54, 1.807) is 0 Å². The van der Waals surface area contributed by atoms with Crippen molar-refractivity contribution in [3.05, 3.63) is 60.3 Å². The number of nitrogens with zero attached hydrogens (tertiary/aromatic N) is 3. The zero-order chi connectivity index (χ0) is 23.9. The summed E-state index contributed by atoms with van der Waals surface area (Å²) in [5, 5.41) is 16.0. The van der Waals surface area contributed by atoms with E-state index in [0.29, 0.717) is 23.2 Å². The largest absolute Gasteiger partial charge is 0.446 e. The summed E-state index contributed by atoms with van der Waals surface area (Å²) in [6.07, 6.45) is 9.32. The summed E-state index contributed by atoms with van der Waals surface area (Å²) < 4.78 is 7.84. The van der Waals surface area contributed by atoms with Crippen LogP contribution < -0.4 is 15.8 Å². The van der Waals surface area contributed by atoms with E-state index in [-0.39, 0.29) is 6.10 Å². The van der Waals surface area contributed by atoms with Crippen LogP contribution in [0.2, 0.25) is 0 Å². The van der Waals surface area contributed by atoms with Crippen LogP contribution in [0.1, 0.15) is 50.6 Å². The predicted molar refractivity (Wildman–Crippen MR) is 137 cm³/mol. The standard InChI is InChI=1S/C28H29N5O2/c1-18(19-6-7-19)35-28(34)31-21-10-8-20(9-11-21)27-25(17-29)24-13-12-23(32-15-3-14-30-32)16-26(24)33(27)22-4-2-5-22/h3,8-13,15-16,18-19,22,30H,2,4-7,14H2,1H3,(H,31,34)/t18-/m1/s1. The molecule has 0 unspecified atom stereocenters. The van der Waals surface area contributed by atoms with Crippen LogP contribution in [0.3, 0.4) is 0 Å². The van der Waals surface area contributed by atoms with Crippen molar-refractivity contribution in [3.63, 3.8) is 0 Å². The minimum Gasteiger partial charge on any atom is -0.446 e. The Labute approximate surface area is 204 Å². The number of benzene rings is 2. The molecular weight excluding hydrogens is 438 g/mol. The van der Waals surface area contributed by atoms with Crippen LogP contribution >= 0.6 is 0 Å². The lowest BCUT2D eigenvalue weighted by Gasteiger charge is -2.30. The fraction of sp³-hybridized carbons (Fsp3) is 0.357. The van der Waals surface area contributed by atoms with Crippen LogP contribution in [-0.2, 0) is 4.74 Å². The number of hydrogen-bond donors (Lipinski definition) is 2. The van der Waals surface area contributed by atoms with Gasteiger partial charge in [0.25, 0.3) is 0 Å². The summed E-state index contributed by atoms with van der Waals surface area (Å²) in [6, 6.07) is 16.9. The molecule has 0 spiro atoms. The van der Waals surface area contributed by atoms with Crippen LogP contribution in [-0.4, -0.2) is 23.3 Å². The molecule has 3 aliphatic rings. The van der Waals surface area contributed by atoms with Gasteiger partial charge < -0.3 is 9.30 Å². The number of fused-ring (bicyclic) bond motifs is 1. The topological polar surface area (TPSA) is 82.3 Å². The molecule has 178 valence electrons. The lowest BCUT2D eigenvalue weighted by molar-refractivity contribution is 0.108. The number of nitriles is 1. The molecule has 3 aromatic rings. The summed E-state index contributed by atoms with van der Waals surface area (Å²) in [5.74, 6) is 0.499. The summed E-state index contributed by atoms with van der Waals surface area (Å²) in [5.41, 5.74) is 8.76. The number of amides is 1. The monoisotopic (exact) mass is 467 g/mol. The Bertz CT molecular complexity index is 1340. The maximum atomic E-state index is 12.3. The van der Waals surface area contributed by atoms with E-state index < -0.39 is 6.09 Å². The molecule has 6 rings (SSSR count). The van der Waals surface area contributed by atoms with Crippen LogP contribution in [0.25, 0.3) is 22.2 Å². The molecule has 1 aromatic heterocycles. The first-order valence-electron chi connectivity index (χ1n) is 12.5. The van der Waals surface area contributed by atoms with Gasteiger partial charge in [-0.05, 0) is 80.8 Å². The molecular formula is C28H29N5O2. The molecule has 2 aromatic carbocycles. The average Bonchev–Trinajstić information content (AvgIpc) is 3.45. The van der Waals surface area contributed by atoms with Gasteiger partial charge in [0.05, 0.1) is 22.5 Å². The normalized spacial score (nSPS) is 18.3. The molecule has 7 heteroatoms. The van der Waals surface area contributed by atoms with E-state index in [1.807, 2.05) is 42.4 Å². The SMILES string of the molecule is C[C@@H](OC(=O)Nc1ccc(-c2c(C#N)c3ccc(N4C=CCN4)cc3n2C2CCC2)cc1)C1CC1. The number of nitrogens with one attached hydrogen (secondary N) is 2. The fourth-order valence-corrected chi connectivity index (χ4v) is 5.10. The Morgan fingerprint density at radius 2 is 1.97 bits per heavy atom. The molecule has 0 bridgehead atoms. The second-order valence-corrected chi connectivity index (χ2v) is 9.76. The fourth-order valence-electron chi connectivity index (χ4n) is 5.10. The molecule has 0 saturated heterocycles. The zero-order valence-electron chi connectivity index (χ0n) is 19.8. The lowest BCUT2D eigenvalue weighted by atomic mass is 9.92. The van der Waals surface area contributed by atoms with E-state index >= 15 is 0 Å². The van der Waals surface area contributed by atoms with Crippen molar-refractivity contribution in [2.75, 3.05) is 16.9 Å². The highest BCUT2D eigenvalue weighted by molar-refractivity contribution is 5.97. The number of hydrazine groups is 1. The number of carbonyl (C=O) groups is 1. The van der Waals surface area contributed by atoms with Gasteiger partial charge in [-0.25, -0.2) is 10.2 Å². The van der Waals surface area contributed by atoms with Gasteiger partial charge in [0.15, 0.2) is 0 Å². The quantitative estimate of drug-likeness (QED) is 0.458. The van der Waals surface area contributed by atoms with Crippen LogP contribution in [0.15, 0.2) is 54.7 Å². The summed E-state index contributed by atoms with van der Waals surface area (Å²) >= 11 is 0. The van der Waals surface area contributed by atoms with E-state index in [9.17, 15) is 10.1 Å². The number of hydrogen-bond acceptors (Lipinski definition) is 5. The molecule has 2 saturated carbocycles. The van der Waals surface area contributed by atoms with Crippen molar-refractivity contribution >= 4 is 28.4 Å². The highest BCUT2D eigenvalue weighted by atomic mass is 16.6. The third kappa shape index (κ3) is 4.04. The highest BCUT2D eigenvalue weighted by Gasteiger charge is 2.31. The number of aromatic nitrogens is 1. The highest BCUT2D eigenvalue weighted by Crippen LogP contribution is 2.43. The Morgan fingerprint density at radius 3 is 2.60 bits per heavy atom. The van der Waals surface area contributed by atoms with Crippen LogP contribution in [0, 0.1) is 17.2 Å². The lowest BCUT2D eigenvalue weighted by Crippen LogP contribution is -2.28. The molecule has 1 aliphatic heterocycles. The average molecular weight is 468 g/mol. The number of ether oxygens (including phenoxy) is 1. The zero-order valence-corrected chi connectivity index (χ0v) is 19.8. The van der Waals surface area contributed by atoms with Gasteiger partial charge in [0.1, 0.15) is 12.2 Å². The van der Waals surface area contributed by atoms with Crippen molar-refractivity contribution in [2.45, 2.75) is 51.2 Å². The summed E-state index contributed by atoms with van der Waals surface area (Å²) in [4.78, 5) is 12.3. The van der Waals surface area contributed by atoms with E-state index in [1.165, 1.54) is 6.42 Å². The Morgan fingerprint density at radius 1 is 1.17 bits per heavy atom. The predicted octanol–water partition coefficient (Wildman–Crippen LogP) is 6.09. The first kappa shape index (κ1) is 21.8. The number of anilines is 2. The number of rotatable bonds is 6. The van der Waals surface area contributed by atoms with Gasteiger partial charge in [-0.2, -0.15) is 5.26 Å².